The first-order valence-electron chi connectivity index (χ1n) is 5.77. The number of amides is 2. The maximum Gasteiger partial charge on any atom is 0.326 e. The van der Waals surface area contributed by atoms with Gasteiger partial charge in [-0.2, -0.15) is 0 Å². The number of hydrogen-bond acceptors (Lipinski definition) is 2. The van der Waals surface area contributed by atoms with Gasteiger partial charge in [0.05, 0.1) is 0 Å². The van der Waals surface area contributed by atoms with Crippen LogP contribution in [0.3, 0.4) is 0 Å². The van der Waals surface area contributed by atoms with Gasteiger partial charge in [-0.25, -0.2) is 9.59 Å². The second-order valence-corrected chi connectivity index (χ2v) is 4.56. The Balaban J connectivity index is 4.21. The van der Waals surface area contributed by atoms with E-state index in [1.54, 1.807) is 6.08 Å². The van der Waals surface area contributed by atoms with Crippen LogP contribution in [0.25, 0.3) is 0 Å². The lowest BCUT2D eigenvalue weighted by Gasteiger charge is -2.18. The maximum atomic E-state index is 11.5. The molecule has 0 bridgehead atoms. The van der Waals surface area contributed by atoms with Crippen LogP contribution in [-0.4, -0.2) is 29.2 Å². The van der Waals surface area contributed by atoms with Crippen molar-refractivity contribution in [1.82, 2.24) is 10.6 Å². The molecule has 0 saturated heterocycles. The summed E-state index contributed by atoms with van der Waals surface area (Å²) in [5.74, 6) is -0.799. The Morgan fingerprint density at radius 2 is 1.88 bits per heavy atom. The third kappa shape index (κ3) is 7.38. The number of carbonyl (C=O) groups is 2. The van der Waals surface area contributed by atoms with Crippen LogP contribution in [0.15, 0.2) is 12.7 Å². The average Bonchev–Trinajstić information content (AvgIpc) is 2.15. The summed E-state index contributed by atoms with van der Waals surface area (Å²) in [5.41, 5.74) is 0. The molecule has 0 aliphatic heterocycles. The lowest BCUT2D eigenvalue weighted by atomic mass is 10.0. The highest BCUT2D eigenvalue weighted by atomic mass is 16.4. The lowest BCUT2D eigenvalue weighted by Crippen LogP contribution is -2.48. The van der Waals surface area contributed by atoms with Gasteiger partial charge < -0.3 is 15.7 Å². The standard InChI is InChI=1S/C12H22N2O3/c1-5-6-9(4)13-12(17)14-10(11(15)16)7-8(2)3/h5,8-10H,1,6-7H2,2-4H3,(H,15,16)(H2,13,14,17). The monoisotopic (exact) mass is 242 g/mol. The predicted octanol–water partition coefficient (Wildman–Crippen LogP) is 1.75. The Morgan fingerprint density at radius 3 is 2.29 bits per heavy atom. The molecule has 0 aromatic carbocycles. The van der Waals surface area contributed by atoms with Gasteiger partial charge in [0.15, 0.2) is 0 Å². The van der Waals surface area contributed by atoms with Crippen molar-refractivity contribution in [1.29, 1.82) is 0 Å². The van der Waals surface area contributed by atoms with E-state index in [0.29, 0.717) is 12.8 Å². The van der Waals surface area contributed by atoms with Gasteiger partial charge in [0.25, 0.3) is 0 Å². The molecule has 0 heterocycles. The molecule has 3 N–H and O–H groups in total. The van der Waals surface area contributed by atoms with Crippen LogP contribution < -0.4 is 10.6 Å². The van der Waals surface area contributed by atoms with Crippen molar-refractivity contribution >= 4 is 12.0 Å². The minimum absolute atomic E-state index is 0.0546. The fraction of sp³-hybridized carbons (Fsp3) is 0.667. The topological polar surface area (TPSA) is 78.4 Å². The third-order valence-corrected chi connectivity index (χ3v) is 2.21. The summed E-state index contributed by atoms with van der Waals surface area (Å²) in [7, 11) is 0. The zero-order chi connectivity index (χ0) is 13.4. The number of hydrogen-bond donors (Lipinski definition) is 3. The van der Waals surface area contributed by atoms with Crippen LogP contribution in [0.5, 0.6) is 0 Å². The van der Waals surface area contributed by atoms with E-state index in [0.717, 1.165) is 0 Å². The Bertz CT molecular complexity index is 277. The fourth-order valence-corrected chi connectivity index (χ4v) is 1.43. The molecular weight excluding hydrogens is 220 g/mol. The summed E-state index contributed by atoms with van der Waals surface area (Å²) in [6, 6.07) is -1.35. The van der Waals surface area contributed by atoms with E-state index < -0.39 is 18.0 Å². The smallest absolute Gasteiger partial charge is 0.326 e. The summed E-state index contributed by atoms with van der Waals surface area (Å²) >= 11 is 0. The molecule has 5 heteroatoms. The van der Waals surface area contributed by atoms with Crippen LogP contribution in [-0.2, 0) is 4.79 Å². The molecule has 0 aromatic heterocycles. The Kier molecular flexibility index (Phi) is 7.02. The highest BCUT2D eigenvalue weighted by molar-refractivity contribution is 5.82. The molecule has 17 heavy (non-hydrogen) atoms. The minimum Gasteiger partial charge on any atom is -0.480 e. The Morgan fingerprint density at radius 1 is 1.29 bits per heavy atom. The number of carbonyl (C=O) groups excluding carboxylic acids is 1. The van der Waals surface area contributed by atoms with E-state index in [4.69, 9.17) is 5.11 Å². The molecular formula is C12H22N2O3. The first kappa shape index (κ1) is 15.5. The number of aliphatic carboxylic acids is 1. The summed E-state index contributed by atoms with van der Waals surface area (Å²) in [5, 5.41) is 14.1. The van der Waals surface area contributed by atoms with E-state index in [9.17, 15) is 9.59 Å². The van der Waals surface area contributed by atoms with E-state index >= 15 is 0 Å². The summed E-state index contributed by atoms with van der Waals surface area (Å²) in [6.45, 7) is 9.23. The van der Waals surface area contributed by atoms with Crippen molar-refractivity contribution in [3.8, 4) is 0 Å². The van der Waals surface area contributed by atoms with Crippen molar-refractivity contribution in [2.75, 3.05) is 0 Å². The lowest BCUT2D eigenvalue weighted by molar-refractivity contribution is -0.139. The zero-order valence-corrected chi connectivity index (χ0v) is 10.7. The highest BCUT2D eigenvalue weighted by Crippen LogP contribution is 2.04. The molecule has 2 unspecified atom stereocenters. The Labute approximate surface area is 102 Å². The molecule has 0 fully saturated rings. The molecule has 2 atom stereocenters. The van der Waals surface area contributed by atoms with E-state index in [-0.39, 0.29) is 12.0 Å². The Hall–Kier alpha value is -1.52. The van der Waals surface area contributed by atoms with Crippen molar-refractivity contribution in [2.45, 2.75) is 45.7 Å². The first-order valence-corrected chi connectivity index (χ1v) is 5.77. The van der Waals surface area contributed by atoms with Crippen molar-refractivity contribution in [3.05, 3.63) is 12.7 Å². The van der Waals surface area contributed by atoms with Gasteiger partial charge in [0.1, 0.15) is 6.04 Å². The average molecular weight is 242 g/mol. The van der Waals surface area contributed by atoms with E-state index in [1.807, 2.05) is 20.8 Å². The first-order chi connectivity index (χ1) is 7.86. The fourth-order valence-electron chi connectivity index (χ4n) is 1.43. The second-order valence-electron chi connectivity index (χ2n) is 4.56. The van der Waals surface area contributed by atoms with Crippen molar-refractivity contribution < 1.29 is 14.7 Å². The molecule has 0 rings (SSSR count). The van der Waals surface area contributed by atoms with Gasteiger partial charge in [-0.3, -0.25) is 0 Å². The molecule has 2 amide bonds. The number of carboxylic acids is 1. The summed E-state index contributed by atoms with van der Waals surface area (Å²) in [6.07, 6.45) is 2.77. The zero-order valence-electron chi connectivity index (χ0n) is 10.7. The molecule has 98 valence electrons. The number of carboxylic acid groups (broad SMARTS) is 1. The van der Waals surface area contributed by atoms with Crippen molar-refractivity contribution in [3.63, 3.8) is 0 Å². The third-order valence-electron chi connectivity index (χ3n) is 2.21. The predicted molar refractivity (Wildman–Crippen MR) is 66.8 cm³/mol. The second kappa shape index (κ2) is 7.70. The van der Waals surface area contributed by atoms with Gasteiger partial charge in [-0.05, 0) is 25.7 Å². The maximum absolute atomic E-state index is 11.5. The molecule has 0 aromatic rings. The quantitative estimate of drug-likeness (QED) is 0.595. The van der Waals surface area contributed by atoms with Gasteiger partial charge in [-0.1, -0.05) is 19.9 Å². The van der Waals surface area contributed by atoms with Crippen LogP contribution in [0.2, 0.25) is 0 Å². The molecule has 0 spiro atoms. The minimum atomic E-state index is -1.01. The van der Waals surface area contributed by atoms with Crippen LogP contribution in [0.4, 0.5) is 4.79 Å². The van der Waals surface area contributed by atoms with Gasteiger partial charge >= 0.3 is 12.0 Å². The van der Waals surface area contributed by atoms with Crippen LogP contribution >= 0.6 is 0 Å². The molecule has 0 saturated carbocycles. The molecule has 0 aliphatic rings. The van der Waals surface area contributed by atoms with Crippen LogP contribution in [0, 0.1) is 5.92 Å². The molecule has 0 radical (unpaired) electrons. The van der Waals surface area contributed by atoms with Crippen LogP contribution in [0.1, 0.15) is 33.6 Å². The highest BCUT2D eigenvalue weighted by Gasteiger charge is 2.21. The normalized spacial score (nSPS) is 13.9. The SMILES string of the molecule is C=CCC(C)NC(=O)NC(CC(C)C)C(=O)O. The van der Waals surface area contributed by atoms with E-state index in [2.05, 4.69) is 17.2 Å². The van der Waals surface area contributed by atoms with Crippen molar-refractivity contribution in [2.24, 2.45) is 5.92 Å². The summed E-state index contributed by atoms with van der Waals surface area (Å²) < 4.78 is 0. The number of nitrogens with one attached hydrogen (secondary N) is 2. The van der Waals surface area contributed by atoms with Gasteiger partial charge in [0, 0.05) is 6.04 Å². The van der Waals surface area contributed by atoms with Gasteiger partial charge in [0.2, 0.25) is 0 Å². The molecule has 5 nitrogen and oxygen atoms in total. The van der Waals surface area contributed by atoms with Gasteiger partial charge in [-0.15, -0.1) is 6.58 Å². The summed E-state index contributed by atoms with van der Waals surface area (Å²) in [4.78, 5) is 22.4. The number of rotatable bonds is 7. The van der Waals surface area contributed by atoms with E-state index in [1.165, 1.54) is 0 Å². The molecule has 0 aliphatic carbocycles. The largest absolute Gasteiger partial charge is 0.480 e. The number of urea groups is 1.